The maximum atomic E-state index is 12.8. The molecule has 0 aromatic carbocycles. The van der Waals surface area contributed by atoms with E-state index in [0.29, 0.717) is 10.8 Å². The summed E-state index contributed by atoms with van der Waals surface area (Å²) in [6, 6.07) is 0. The Labute approximate surface area is 331 Å². The molecule has 0 radical (unpaired) electrons. The summed E-state index contributed by atoms with van der Waals surface area (Å²) in [5.74, 6) is 5.11. The Hall–Kier alpha value is -1.05. The Bertz CT molecular complexity index is 1070. The Morgan fingerprint density at radius 3 is 1.89 bits per heavy atom. The third kappa shape index (κ3) is 13.8. The van der Waals surface area contributed by atoms with Crippen LogP contribution in [-0.2, 0) is 9.53 Å². The van der Waals surface area contributed by atoms with Gasteiger partial charge >= 0.3 is 5.97 Å². The van der Waals surface area contributed by atoms with Gasteiger partial charge in [-0.05, 0) is 104 Å². The smallest absolute Gasteiger partial charge is 0.330 e. The van der Waals surface area contributed by atoms with Gasteiger partial charge < -0.3 is 4.74 Å². The van der Waals surface area contributed by atoms with E-state index >= 15 is 0 Å². The Morgan fingerprint density at radius 2 is 1.30 bits per heavy atom. The van der Waals surface area contributed by atoms with Crippen LogP contribution in [0.5, 0.6) is 0 Å². The molecule has 0 unspecified atom stereocenters. The van der Waals surface area contributed by atoms with E-state index in [1.807, 2.05) is 0 Å². The molecule has 0 aromatic heterocycles. The first kappa shape index (κ1) is 44.7. The molecule has 53 heavy (non-hydrogen) atoms. The Kier molecular flexibility index (Phi) is 20.1. The number of fused-ring (bicyclic) bond motifs is 5. The minimum absolute atomic E-state index is 0.0642. The molecular formula is C51H90O2. The largest absolute Gasteiger partial charge is 0.459 e. The van der Waals surface area contributed by atoms with Crippen LogP contribution >= 0.6 is 0 Å². The summed E-state index contributed by atoms with van der Waals surface area (Å²) in [5, 5.41) is 0. The van der Waals surface area contributed by atoms with Gasteiger partial charge in [0.25, 0.3) is 0 Å². The predicted octanol–water partition coefficient (Wildman–Crippen LogP) is 16.3. The number of rotatable bonds is 27. The minimum atomic E-state index is -0.112. The summed E-state index contributed by atoms with van der Waals surface area (Å²) in [6.07, 6.45) is 48.8. The van der Waals surface area contributed by atoms with E-state index in [1.54, 1.807) is 11.6 Å². The molecule has 2 heteroatoms. The zero-order valence-corrected chi connectivity index (χ0v) is 36.5. The van der Waals surface area contributed by atoms with Gasteiger partial charge in [-0.1, -0.05) is 194 Å². The molecule has 8 atom stereocenters. The van der Waals surface area contributed by atoms with Gasteiger partial charge in [-0.2, -0.15) is 0 Å². The van der Waals surface area contributed by atoms with E-state index in [1.165, 1.54) is 180 Å². The lowest BCUT2D eigenvalue weighted by Crippen LogP contribution is -2.51. The standard InChI is InChI=1S/C51H90O2/c1-7-8-9-10-11-12-13-14-15-16-17-18-19-20-21-22-23-24-25-26-27-31-49(52)53-44-36-38-50(5)43(40-44)32-33-45-47-35-34-46(42(4)30-28-29-41(2)3)51(47,6)39-37-48(45)50/h27,31-32,41-42,44-48H,7-26,28-30,33-40H2,1-6H3/t42-,44+,45+,46-,47+,48+,50+,51-/m1/s1. The summed E-state index contributed by atoms with van der Waals surface area (Å²) < 4.78 is 6.07. The molecule has 4 aliphatic carbocycles. The average Bonchev–Trinajstić information content (AvgIpc) is 3.49. The highest BCUT2D eigenvalue weighted by Gasteiger charge is 2.59. The highest BCUT2D eigenvalue weighted by molar-refractivity contribution is 5.82. The normalized spacial score (nSPS) is 30.2. The Balaban J connectivity index is 1.03. The number of unbranched alkanes of at least 4 members (excludes halogenated alkanes) is 19. The molecule has 4 rings (SSSR count). The number of esters is 1. The van der Waals surface area contributed by atoms with Crippen molar-refractivity contribution >= 4 is 5.97 Å². The van der Waals surface area contributed by atoms with Crippen molar-refractivity contribution in [1.29, 1.82) is 0 Å². The maximum absolute atomic E-state index is 12.8. The molecule has 306 valence electrons. The van der Waals surface area contributed by atoms with Crippen LogP contribution < -0.4 is 0 Å². The number of carbonyl (C=O) groups is 1. The van der Waals surface area contributed by atoms with Crippen LogP contribution in [0.25, 0.3) is 0 Å². The lowest BCUT2D eigenvalue weighted by Gasteiger charge is -2.58. The molecule has 0 N–H and O–H groups in total. The number of ether oxygens (including phenoxy) is 1. The fraction of sp³-hybridized carbons (Fsp3) is 0.902. The van der Waals surface area contributed by atoms with Crippen molar-refractivity contribution in [1.82, 2.24) is 0 Å². The van der Waals surface area contributed by atoms with Crippen molar-refractivity contribution in [3.8, 4) is 0 Å². The van der Waals surface area contributed by atoms with Crippen molar-refractivity contribution in [3.05, 3.63) is 23.8 Å². The summed E-state index contributed by atoms with van der Waals surface area (Å²) in [6.45, 7) is 14.9. The fourth-order valence-corrected chi connectivity index (χ4v) is 12.5. The highest BCUT2D eigenvalue weighted by Crippen LogP contribution is 2.67. The van der Waals surface area contributed by atoms with Crippen LogP contribution in [0.4, 0.5) is 0 Å². The molecule has 4 aliphatic rings. The highest BCUT2D eigenvalue weighted by atomic mass is 16.5. The van der Waals surface area contributed by atoms with E-state index in [4.69, 9.17) is 4.74 Å². The van der Waals surface area contributed by atoms with E-state index in [2.05, 4.69) is 53.7 Å². The molecule has 0 heterocycles. The van der Waals surface area contributed by atoms with E-state index in [0.717, 1.165) is 54.8 Å². The lowest BCUT2D eigenvalue weighted by atomic mass is 9.47. The molecule has 0 bridgehead atoms. The van der Waals surface area contributed by atoms with Crippen LogP contribution in [0.15, 0.2) is 23.8 Å². The van der Waals surface area contributed by atoms with Gasteiger partial charge in [0, 0.05) is 12.5 Å². The molecular weight excluding hydrogens is 645 g/mol. The van der Waals surface area contributed by atoms with Crippen LogP contribution in [0.3, 0.4) is 0 Å². The molecule has 0 amide bonds. The van der Waals surface area contributed by atoms with Gasteiger partial charge in [0.1, 0.15) is 6.10 Å². The Morgan fingerprint density at radius 1 is 0.717 bits per heavy atom. The predicted molar refractivity (Wildman–Crippen MR) is 230 cm³/mol. The second-order valence-electron chi connectivity index (χ2n) is 20.1. The lowest BCUT2D eigenvalue weighted by molar-refractivity contribution is -0.145. The van der Waals surface area contributed by atoms with Crippen molar-refractivity contribution in [2.45, 2.75) is 247 Å². The first-order valence-corrected chi connectivity index (χ1v) is 24.3. The molecule has 2 nitrogen and oxygen atoms in total. The second-order valence-corrected chi connectivity index (χ2v) is 20.1. The molecule has 3 saturated carbocycles. The molecule has 0 spiro atoms. The first-order valence-electron chi connectivity index (χ1n) is 24.3. The first-order chi connectivity index (χ1) is 25.7. The van der Waals surface area contributed by atoms with Crippen molar-refractivity contribution in [3.63, 3.8) is 0 Å². The van der Waals surface area contributed by atoms with Crippen molar-refractivity contribution in [2.75, 3.05) is 0 Å². The van der Waals surface area contributed by atoms with E-state index in [9.17, 15) is 4.79 Å². The van der Waals surface area contributed by atoms with Crippen molar-refractivity contribution in [2.24, 2.45) is 46.3 Å². The van der Waals surface area contributed by atoms with Crippen molar-refractivity contribution < 1.29 is 9.53 Å². The van der Waals surface area contributed by atoms with Gasteiger partial charge in [-0.15, -0.1) is 0 Å². The van der Waals surface area contributed by atoms with Crippen LogP contribution in [0.2, 0.25) is 0 Å². The number of hydrogen-bond donors (Lipinski definition) is 0. The maximum Gasteiger partial charge on any atom is 0.330 e. The number of carbonyl (C=O) groups excluding carboxylic acids is 1. The van der Waals surface area contributed by atoms with Crippen LogP contribution in [-0.4, -0.2) is 12.1 Å². The average molecular weight is 735 g/mol. The second kappa shape index (κ2) is 23.9. The SMILES string of the molecule is CCCCCCCCCCCCCCCCCCCCCC=CC(=O)O[C@H]1CC[C@@]2(C)C(=CC[C@H]3[C@@H]4CC[C@H]([C@H](C)CCCC(C)C)[C@@]4(C)CC[C@@H]32)C1. The summed E-state index contributed by atoms with van der Waals surface area (Å²) in [7, 11) is 0. The minimum Gasteiger partial charge on any atom is -0.459 e. The molecule has 0 aromatic rings. The zero-order chi connectivity index (χ0) is 37.9. The quantitative estimate of drug-likeness (QED) is 0.0363. The number of allylic oxidation sites excluding steroid dienone is 2. The fourth-order valence-electron chi connectivity index (χ4n) is 12.5. The third-order valence-electron chi connectivity index (χ3n) is 15.8. The van der Waals surface area contributed by atoms with Gasteiger partial charge in [0.15, 0.2) is 0 Å². The molecule has 0 saturated heterocycles. The van der Waals surface area contributed by atoms with Gasteiger partial charge in [-0.25, -0.2) is 4.79 Å². The topological polar surface area (TPSA) is 26.3 Å². The number of hydrogen-bond acceptors (Lipinski definition) is 2. The van der Waals surface area contributed by atoms with Gasteiger partial charge in [-0.3, -0.25) is 0 Å². The zero-order valence-electron chi connectivity index (χ0n) is 36.5. The molecule has 3 fully saturated rings. The van der Waals surface area contributed by atoms with Gasteiger partial charge in [0.05, 0.1) is 0 Å². The van der Waals surface area contributed by atoms with E-state index < -0.39 is 0 Å². The molecule has 0 aliphatic heterocycles. The summed E-state index contributed by atoms with van der Waals surface area (Å²) >= 11 is 0. The van der Waals surface area contributed by atoms with Gasteiger partial charge in [0.2, 0.25) is 0 Å². The van der Waals surface area contributed by atoms with Crippen LogP contribution in [0.1, 0.15) is 241 Å². The third-order valence-corrected chi connectivity index (χ3v) is 15.8. The monoisotopic (exact) mass is 735 g/mol. The summed E-state index contributed by atoms with van der Waals surface area (Å²) in [4.78, 5) is 12.8. The summed E-state index contributed by atoms with van der Waals surface area (Å²) in [5.41, 5.74) is 2.49. The van der Waals surface area contributed by atoms with E-state index in [-0.39, 0.29) is 12.1 Å². The van der Waals surface area contributed by atoms with Crippen LogP contribution in [0, 0.1) is 46.3 Å².